The van der Waals surface area contributed by atoms with Crippen molar-refractivity contribution in [2.24, 2.45) is 4.99 Å². The summed E-state index contributed by atoms with van der Waals surface area (Å²) in [6.07, 6.45) is 3.56. The molecular formula is C18H17F3N4S. The average molecular weight is 378 g/mol. The van der Waals surface area contributed by atoms with E-state index in [9.17, 15) is 13.2 Å². The number of anilines is 1. The van der Waals surface area contributed by atoms with Gasteiger partial charge in [-0.05, 0) is 25.0 Å². The number of halogens is 3. The summed E-state index contributed by atoms with van der Waals surface area (Å²) in [7, 11) is 1.81. The van der Waals surface area contributed by atoms with Crippen molar-refractivity contribution in [2.45, 2.75) is 35.6 Å². The van der Waals surface area contributed by atoms with E-state index in [0.29, 0.717) is 17.6 Å². The van der Waals surface area contributed by atoms with Crippen molar-refractivity contribution in [1.29, 1.82) is 0 Å². The molecule has 2 aromatic rings. The van der Waals surface area contributed by atoms with Gasteiger partial charge in [0.25, 0.3) is 0 Å². The molecule has 1 aliphatic heterocycles. The lowest BCUT2D eigenvalue weighted by Crippen LogP contribution is -2.30. The molecule has 4 nitrogen and oxygen atoms in total. The normalized spacial score (nSPS) is 17.5. The zero-order chi connectivity index (χ0) is 18.3. The van der Waals surface area contributed by atoms with Gasteiger partial charge in [0.15, 0.2) is 5.82 Å². The van der Waals surface area contributed by atoms with Crippen molar-refractivity contribution < 1.29 is 13.2 Å². The van der Waals surface area contributed by atoms with Crippen molar-refractivity contribution in [3.63, 3.8) is 0 Å². The lowest BCUT2D eigenvalue weighted by molar-refractivity contribution is -0.137. The van der Waals surface area contributed by atoms with Crippen LogP contribution in [-0.2, 0) is 6.18 Å². The molecule has 0 aromatic carbocycles. The topological polar surface area (TPSA) is 41.4 Å². The second-order valence-corrected chi connectivity index (χ2v) is 7.86. The number of pyridine rings is 2. The van der Waals surface area contributed by atoms with Crippen molar-refractivity contribution in [3.05, 3.63) is 41.9 Å². The van der Waals surface area contributed by atoms with Crippen molar-refractivity contribution in [3.8, 4) is 0 Å². The van der Waals surface area contributed by atoms with E-state index >= 15 is 0 Å². The lowest BCUT2D eigenvalue weighted by Gasteiger charge is -2.28. The number of likely N-dealkylation sites (N-methyl/N-ethyl adjacent to an activating group) is 1. The Balaban J connectivity index is 1.73. The smallest absolute Gasteiger partial charge is 0.352 e. The summed E-state index contributed by atoms with van der Waals surface area (Å²) in [5, 5.41) is 0.589. The Morgan fingerprint density at radius 1 is 1.23 bits per heavy atom. The van der Waals surface area contributed by atoms with E-state index < -0.39 is 11.7 Å². The Labute approximate surface area is 153 Å². The van der Waals surface area contributed by atoms with Gasteiger partial charge in [-0.2, -0.15) is 13.2 Å². The number of rotatable bonds is 3. The summed E-state index contributed by atoms with van der Waals surface area (Å²) in [6, 6.07) is 2.96. The predicted molar refractivity (Wildman–Crippen MR) is 96.4 cm³/mol. The molecule has 0 amide bonds. The minimum atomic E-state index is -4.43. The Morgan fingerprint density at radius 3 is 2.73 bits per heavy atom. The minimum Gasteiger partial charge on any atom is -0.352 e. The molecular weight excluding hydrogens is 361 g/mol. The Morgan fingerprint density at radius 2 is 2.04 bits per heavy atom. The van der Waals surface area contributed by atoms with Gasteiger partial charge >= 0.3 is 6.18 Å². The lowest BCUT2D eigenvalue weighted by atomic mass is 10.00. The largest absolute Gasteiger partial charge is 0.417 e. The molecule has 0 spiro atoms. The molecule has 0 unspecified atom stereocenters. The highest BCUT2D eigenvalue weighted by atomic mass is 32.2. The molecule has 8 heteroatoms. The Bertz CT molecular complexity index is 862. The monoisotopic (exact) mass is 378 g/mol. The van der Waals surface area contributed by atoms with Crippen LogP contribution in [0.4, 0.5) is 24.7 Å². The van der Waals surface area contributed by atoms with Crippen LogP contribution in [0, 0.1) is 0 Å². The molecule has 1 saturated carbocycles. The van der Waals surface area contributed by atoms with E-state index in [-0.39, 0.29) is 5.69 Å². The number of fused-ring (bicyclic) bond motifs is 1. The van der Waals surface area contributed by atoms with Gasteiger partial charge in [0.05, 0.1) is 17.8 Å². The third-order valence-corrected chi connectivity index (χ3v) is 6.00. The van der Waals surface area contributed by atoms with Gasteiger partial charge in [-0.3, -0.25) is 4.98 Å². The minimum absolute atomic E-state index is 0.250. The highest BCUT2D eigenvalue weighted by Crippen LogP contribution is 2.40. The van der Waals surface area contributed by atoms with E-state index in [2.05, 4.69) is 15.0 Å². The van der Waals surface area contributed by atoms with E-state index in [0.717, 1.165) is 28.4 Å². The van der Waals surface area contributed by atoms with Gasteiger partial charge in [0, 0.05) is 41.3 Å². The summed E-state index contributed by atoms with van der Waals surface area (Å²) in [5.74, 6) is 0.462. The summed E-state index contributed by atoms with van der Waals surface area (Å²) in [4.78, 5) is 15.6. The molecule has 136 valence electrons. The summed E-state index contributed by atoms with van der Waals surface area (Å²) in [6.45, 7) is 0.494. The SMILES string of the molecule is CN1CC(c2ccncc2SC2CCC2)=Nc2cc(C(F)(F)F)cnc21. The molecule has 0 saturated heterocycles. The molecule has 3 heterocycles. The fraction of sp³-hybridized carbons (Fsp3) is 0.389. The van der Waals surface area contributed by atoms with Crippen molar-refractivity contribution in [2.75, 3.05) is 18.5 Å². The standard InChI is InChI=1S/C18H17F3N4S/c1-25-10-15(13-5-6-22-9-16(13)26-12-3-2-4-12)24-14-7-11(18(19,20)21)8-23-17(14)25/h5-9,12H,2-4,10H2,1H3. The molecule has 2 aromatic heterocycles. The zero-order valence-corrected chi connectivity index (χ0v) is 14.9. The van der Waals surface area contributed by atoms with Crippen LogP contribution in [-0.4, -0.2) is 34.5 Å². The molecule has 2 aliphatic rings. The highest BCUT2D eigenvalue weighted by molar-refractivity contribution is 8.00. The molecule has 26 heavy (non-hydrogen) atoms. The summed E-state index contributed by atoms with van der Waals surface area (Å²) in [5.41, 5.74) is 1.14. The summed E-state index contributed by atoms with van der Waals surface area (Å²) < 4.78 is 39.0. The molecule has 4 rings (SSSR count). The third kappa shape index (κ3) is 3.30. The van der Waals surface area contributed by atoms with Gasteiger partial charge in [0.2, 0.25) is 0 Å². The first-order chi connectivity index (χ1) is 12.4. The van der Waals surface area contributed by atoms with Crippen LogP contribution in [0.1, 0.15) is 30.4 Å². The maximum Gasteiger partial charge on any atom is 0.417 e. The van der Waals surface area contributed by atoms with Crippen LogP contribution in [0.25, 0.3) is 0 Å². The molecule has 0 N–H and O–H groups in total. The molecule has 1 aliphatic carbocycles. The first-order valence-corrected chi connectivity index (χ1v) is 9.27. The van der Waals surface area contributed by atoms with Gasteiger partial charge in [0.1, 0.15) is 5.69 Å². The Kier molecular flexibility index (Phi) is 4.38. The van der Waals surface area contributed by atoms with Crippen molar-refractivity contribution in [1.82, 2.24) is 9.97 Å². The van der Waals surface area contributed by atoms with Crippen LogP contribution in [0.5, 0.6) is 0 Å². The van der Waals surface area contributed by atoms with Crippen LogP contribution >= 0.6 is 11.8 Å². The quantitative estimate of drug-likeness (QED) is 0.776. The number of hydrogen-bond donors (Lipinski definition) is 0. The first kappa shape index (κ1) is 17.3. The number of hydrogen-bond acceptors (Lipinski definition) is 5. The van der Waals surface area contributed by atoms with Crippen molar-refractivity contribution >= 4 is 29.0 Å². The number of aromatic nitrogens is 2. The second kappa shape index (κ2) is 6.57. The van der Waals surface area contributed by atoms with Gasteiger partial charge < -0.3 is 4.90 Å². The number of aliphatic imine (C=N–C) groups is 1. The average Bonchev–Trinajstić information content (AvgIpc) is 2.57. The number of thioether (sulfide) groups is 1. The van der Waals surface area contributed by atoms with Crippen LogP contribution in [0.2, 0.25) is 0 Å². The third-order valence-electron chi connectivity index (χ3n) is 4.62. The zero-order valence-electron chi connectivity index (χ0n) is 14.1. The second-order valence-electron chi connectivity index (χ2n) is 6.52. The van der Waals surface area contributed by atoms with Gasteiger partial charge in [-0.15, -0.1) is 11.8 Å². The Hall–Kier alpha value is -2.09. The number of alkyl halides is 3. The van der Waals surface area contributed by atoms with E-state index in [1.54, 1.807) is 18.0 Å². The van der Waals surface area contributed by atoms with Crippen LogP contribution < -0.4 is 4.90 Å². The fourth-order valence-corrected chi connectivity index (χ4v) is 4.35. The van der Waals surface area contributed by atoms with E-state index in [1.165, 1.54) is 19.3 Å². The predicted octanol–water partition coefficient (Wildman–Crippen LogP) is 4.71. The first-order valence-electron chi connectivity index (χ1n) is 8.39. The fourth-order valence-electron chi connectivity index (χ4n) is 2.98. The molecule has 0 atom stereocenters. The highest BCUT2D eigenvalue weighted by Gasteiger charge is 2.33. The van der Waals surface area contributed by atoms with E-state index in [4.69, 9.17) is 0 Å². The van der Waals surface area contributed by atoms with Gasteiger partial charge in [-0.25, -0.2) is 9.98 Å². The van der Waals surface area contributed by atoms with E-state index in [1.807, 2.05) is 24.2 Å². The number of nitrogens with zero attached hydrogens (tertiary/aromatic N) is 4. The summed E-state index contributed by atoms with van der Waals surface area (Å²) >= 11 is 1.78. The maximum atomic E-state index is 13.0. The molecule has 1 fully saturated rings. The van der Waals surface area contributed by atoms with Crippen LogP contribution in [0.3, 0.4) is 0 Å². The maximum absolute atomic E-state index is 13.0. The molecule has 0 radical (unpaired) electrons. The molecule has 0 bridgehead atoms. The van der Waals surface area contributed by atoms with Crippen LogP contribution in [0.15, 0.2) is 40.6 Å². The van der Waals surface area contributed by atoms with Gasteiger partial charge in [-0.1, -0.05) is 6.42 Å².